The van der Waals surface area contributed by atoms with Gasteiger partial charge in [-0.2, -0.15) is 0 Å². The molecule has 0 spiro atoms. The molecular formula is C26H34N6O7. The average Bonchev–Trinajstić information content (AvgIpc) is 2.90. The zero-order chi connectivity index (χ0) is 29.0. The van der Waals surface area contributed by atoms with Gasteiger partial charge < -0.3 is 31.5 Å². The van der Waals surface area contributed by atoms with Gasteiger partial charge in [0.15, 0.2) is 5.96 Å². The molecule has 0 saturated heterocycles. The zero-order valence-electron chi connectivity index (χ0n) is 21.9. The van der Waals surface area contributed by atoms with Gasteiger partial charge in [0.1, 0.15) is 11.8 Å². The number of guanidine groups is 1. The highest BCUT2D eigenvalue weighted by Gasteiger charge is 2.43. The maximum absolute atomic E-state index is 13.7. The summed E-state index contributed by atoms with van der Waals surface area (Å²) in [4.78, 5) is 55.2. The Labute approximate surface area is 226 Å². The summed E-state index contributed by atoms with van der Waals surface area (Å²) in [5, 5.41) is 22.9. The van der Waals surface area contributed by atoms with Crippen LogP contribution in [0.1, 0.15) is 30.4 Å². The Hall–Kier alpha value is -4.68. The molecule has 6 N–H and O–H groups in total. The second-order valence-electron chi connectivity index (χ2n) is 8.91. The molecule has 0 unspecified atom stereocenters. The number of aryl methyl sites for hydroxylation is 1. The number of phenols is 1. The van der Waals surface area contributed by atoms with Gasteiger partial charge in [-0.25, -0.2) is 9.79 Å². The minimum Gasteiger partial charge on any atom is -0.508 e. The number of rotatable bonds is 14. The van der Waals surface area contributed by atoms with Crippen molar-refractivity contribution in [3.63, 3.8) is 0 Å². The highest BCUT2D eigenvalue weighted by molar-refractivity contribution is 5.94. The minimum absolute atomic E-state index is 0.0682. The van der Waals surface area contributed by atoms with E-state index in [9.17, 15) is 29.6 Å². The van der Waals surface area contributed by atoms with Gasteiger partial charge in [0.25, 0.3) is 0 Å². The second-order valence-corrected chi connectivity index (χ2v) is 8.91. The predicted octanol–water partition coefficient (Wildman–Crippen LogP) is 0.710. The highest BCUT2D eigenvalue weighted by Crippen LogP contribution is 2.20. The molecule has 0 aliphatic heterocycles. The number of phenolic OH excluding ortho intramolecular Hbond substituents is 1. The van der Waals surface area contributed by atoms with E-state index in [1.54, 1.807) is 42.5 Å². The number of hydrogen-bond donors (Lipinski definition) is 4. The molecule has 2 amide bonds. The first kappa shape index (κ1) is 30.5. The number of nitro groups is 1. The van der Waals surface area contributed by atoms with Gasteiger partial charge in [0, 0.05) is 37.7 Å². The number of amides is 2. The van der Waals surface area contributed by atoms with E-state index < -0.39 is 41.0 Å². The lowest BCUT2D eigenvalue weighted by Crippen LogP contribution is -2.60. The summed E-state index contributed by atoms with van der Waals surface area (Å²) in [5.41, 5.74) is 10.5. The smallest absolute Gasteiger partial charge is 0.354 e. The number of ether oxygens (including phenoxy) is 1. The average molecular weight is 543 g/mol. The molecule has 39 heavy (non-hydrogen) atoms. The van der Waals surface area contributed by atoms with Crippen LogP contribution in [-0.2, 0) is 32.0 Å². The standard InChI is InChI=1S/C26H34N6O7/c1-31(22(34)14-11-18-9-12-20(33)13-10-18)21(17-19-7-4-3-5-8-19)23(35)29-26(24(36)39-2,30-25(27)28)15-6-16-32(37)38/h3-5,7-10,12-13,21,33H,6,11,14-17H2,1-2H3,(H,29,35)(H4,27,28,30)/t21-,26+/m0/s1. The fourth-order valence-corrected chi connectivity index (χ4v) is 3.99. The lowest BCUT2D eigenvalue weighted by atomic mass is 9.99. The second kappa shape index (κ2) is 14.3. The van der Waals surface area contributed by atoms with Gasteiger partial charge in [-0.15, -0.1) is 0 Å². The van der Waals surface area contributed by atoms with Crippen molar-refractivity contribution in [1.82, 2.24) is 10.2 Å². The van der Waals surface area contributed by atoms with E-state index >= 15 is 0 Å². The van der Waals surface area contributed by atoms with Gasteiger partial charge in [-0.05, 0) is 29.7 Å². The van der Waals surface area contributed by atoms with Crippen molar-refractivity contribution in [3.05, 3.63) is 75.8 Å². The molecule has 2 aromatic carbocycles. The van der Waals surface area contributed by atoms with Gasteiger partial charge in [0.05, 0.1) is 7.11 Å². The molecule has 2 rings (SSSR count). The fraction of sp³-hybridized carbons (Fsp3) is 0.385. The SMILES string of the molecule is COC(=O)[C@@](CCC[N+](=O)[O-])(N=C(N)N)NC(=O)[C@H](Cc1ccccc1)N(C)C(=O)CCc1ccc(O)cc1. The summed E-state index contributed by atoms with van der Waals surface area (Å²) in [7, 11) is 2.54. The fourth-order valence-electron chi connectivity index (χ4n) is 3.99. The lowest BCUT2D eigenvalue weighted by Gasteiger charge is -2.33. The third-order valence-electron chi connectivity index (χ3n) is 6.05. The third kappa shape index (κ3) is 9.29. The molecule has 2 atom stereocenters. The first-order chi connectivity index (χ1) is 18.5. The molecule has 13 heteroatoms. The summed E-state index contributed by atoms with van der Waals surface area (Å²) < 4.78 is 4.84. The monoisotopic (exact) mass is 542 g/mol. The number of nitrogens with two attached hydrogens (primary N) is 2. The molecule has 0 aromatic heterocycles. The number of nitrogens with zero attached hydrogens (tertiary/aromatic N) is 3. The number of hydrogen-bond acceptors (Lipinski definition) is 8. The molecule has 0 heterocycles. The third-order valence-corrected chi connectivity index (χ3v) is 6.05. The molecule has 210 valence electrons. The van der Waals surface area contributed by atoms with E-state index in [1.807, 2.05) is 0 Å². The number of carbonyl (C=O) groups is 3. The van der Waals surface area contributed by atoms with E-state index in [2.05, 4.69) is 10.3 Å². The quantitative estimate of drug-likeness (QED) is 0.0871. The van der Waals surface area contributed by atoms with Crippen LogP contribution in [0.5, 0.6) is 5.75 Å². The molecular weight excluding hydrogens is 508 g/mol. The Morgan fingerprint density at radius 2 is 1.77 bits per heavy atom. The number of aromatic hydroxyl groups is 1. The molecule has 0 aliphatic rings. The van der Waals surface area contributed by atoms with Gasteiger partial charge in [-0.1, -0.05) is 42.5 Å². The number of esters is 1. The molecule has 0 aliphatic carbocycles. The topological polar surface area (TPSA) is 203 Å². The summed E-state index contributed by atoms with van der Waals surface area (Å²) in [6.45, 7) is -0.502. The van der Waals surface area contributed by atoms with Crippen LogP contribution in [0.2, 0.25) is 0 Å². The lowest BCUT2D eigenvalue weighted by molar-refractivity contribution is -0.480. The number of carbonyl (C=O) groups excluding carboxylic acids is 3. The number of likely N-dealkylation sites (N-methyl/N-ethyl adjacent to an activating group) is 1. The molecule has 2 aromatic rings. The van der Waals surface area contributed by atoms with Crippen molar-refractivity contribution in [1.29, 1.82) is 0 Å². The van der Waals surface area contributed by atoms with Crippen molar-refractivity contribution >= 4 is 23.7 Å². The Balaban J connectivity index is 2.36. The van der Waals surface area contributed by atoms with Crippen molar-refractivity contribution in [2.24, 2.45) is 16.5 Å². The molecule has 0 radical (unpaired) electrons. The van der Waals surface area contributed by atoms with E-state index in [-0.39, 0.29) is 37.3 Å². The Morgan fingerprint density at radius 3 is 2.33 bits per heavy atom. The molecule has 13 nitrogen and oxygen atoms in total. The largest absolute Gasteiger partial charge is 0.508 e. The molecule has 0 bridgehead atoms. The Morgan fingerprint density at radius 1 is 1.13 bits per heavy atom. The van der Waals surface area contributed by atoms with Crippen LogP contribution in [0, 0.1) is 10.1 Å². The van der Waals surface area contributed by atoms with E-state index in [0.717, 1.165) is 18.2 Å². The van der Waals surface area contributed by atoms with Crippen LogP contribution >= 0.6 is 0 Å². The van der Waals surface area contributed by atoms with Gasteiger partial charge in [0.2, 0.25) is 24.0 Å². The van der Waals surface area contributed by atoms with Crippen molar-refractivity contribution in [2.75, 3.05) is 20.7 Å². The number of methoxy groups -OCH3 is 1. The maximum atomic E-state index is 13.7. The summed E-state index contributed by atoms with van der Waals surface area (Å²) in [6.07, 6.45) is 0.0652. The van der Waals surface area contributed by atoms with E-state index in [4.69, 9.17) is 16.2 Å². The zero-order valence-corrected chi connectivity index (χ0v) is 21.9. The number of aliphatic imine (C=N–C) groups is 1. The van der Waals surface area contributed by atoms with Crippen molar-refractivity contribution in [3.8, 4) is 5.75 Å². The van der Waals surface area contributed by atoms with Crippen LogP contribution in [0.25, 0.3) is 0 Å². The summed E-state index contributed by atoms with van der Waals surface area (Å²) in [6, 6.07) is 14.3. The van der Waals surface area contributed by atoms with Crippen molar-refractivity contribution in [2.45, 2.75) is 43.8 Å². The minimum atomic E-state index is -2.13. The Kier molecular flexibility index (Phi) is 11.2. The van der Waals surface area contributed by atoms with Crippen LogP contribution in [0.4, 0.5) is 0 Å². The molecule has 0 fully saturated rings. The molecule has 0 saturated carbocycles. The van der Waals surface area contributed by atoms with Crippen LogP contribution < -0.4 is 16.8 Å². The Bertz CT molecular complexity index is 1170. The van der Waals surface area contributed by atoms with E-state index in [1.165, 1.54) is 24.1 Å². The first-order valence-corrected chi connectivity index (χ1v) is 12.2. The van der Waals surface area contributed by atoms with Crippen LogP contribution in [0.15, 0.2) is 59.6 Å². The highest BCUT2D eigenvalue weighted by atomic mass is 16.6. The number of benzene rings is 2. The first-order valence-electron chi connectivity index (χ1n) is 12.2. The van der Waals surface area contributed by atoms with E-state index in [0.29, 0.717) is 6.42 Å². The van der Waals surface area contributed by atoms with Gasteiger partial charge >= 0.3 is 5.97 Å². The maximum Gasteiger partial charge on any atom is 0.354 e. The van der Waals surface area contributed by atoms with Crippen LogP contribution in [0.3, 0.4) is 0 Å². The van der Waals surface area contributed by atoms with Crippen molar-refractivity contribution < 1.29 is 29.2 Å². The number of nitrogens with one attached hydrogen (secondary N) is 1. The normalized spacial score (nSPS) is 12.9. The van der Waals surface area contributed by atoms with Gasteiger partial charge in [-0.3, -0.25) is 19.7 Å². The van der Waals surface area contributed by atoms with Crippen LogP contribution in [-0.4, -0.2) is 71.1 Å². The summed E-state index contributed by atoms with van der Waals surface area (Å²) in [5.74, 6) is -2.56. The summed E-state index contributed by atoms with van der Waals surface area (Å²) >= 11 is 0. The predicted molar refractivity (Wildman–Crippen MR) is 143 cm³/mol.